The van der Waals surface area contributed by atoms with E-state index in [1.807, 2.05) is 0 Å². The molecule has 0 spiro atoms. The Labute approximate surface area is 131 Å². The van der Waals surface area contributed by atoms with E-state index < -0.39 is 0 Å². The molecular weight excluding hydrogens is 264 g/mol. The Morgan fingerprint density at radius 3 is 2.60 bits per heavy atom. The van der Waals surface area contributed by atoms with E-state index in [1.54, 1.807) is 0 Å². The van der Waals surface area contributed by atoms with Crippen LogP contribution in [0.3, 0.4) is 0 Å². The van der Waals surface area contributed by atoms with Crippen LogP contribution < -0.4 is 5.32 Å². The molecule has 0 aromatic carbocycles. The topological polar surface area (TPSA) is 15.3 Å². The van der Waals surface area contributed by atoms with Gasteiger partial charge in [0.2, 0.25) is 0 Å². The fraction of sp³-hybridized carbons (Fsp3) is 1.00. The highest BCUT2D eigenvalue weighted by Gasteiger charge is 2.29. The molecule has 3 heteroatoms. The second-order valence-electron chi connectivity index (χ2n) is 7.73. The van der Waals surface area contributed by atoms with Gasteiger partial charge < -0.3 is 10.2 Å². The van der Waals surface area contributed by atoms with Gasteiger partial charge in [-0.1, -0.05) is 48.0 Å². The molecule has 1 heterocycles. The van der Waals surface area contributed by atoms with Gasteiger partial charge in [0.1, 0.15) is 0 Å². The van der Waals surface area contributed by atoms with Crippen molar-refractivity contribution in [1.29, 1.82) is 0 Å². The van der Waals surface area contributed by atoms with Gasteiger partial charge in [-0.3, -0.25) is 0 Å². The highest BCUT2D eigenvalue weighted by Crippen LogP contribution is 2.32. The lowest BCUT2D eigenvalue weighted by Crippen LogP contribution is -2.44. The first-order chi connectivity index (χ1) is 9.26. The van der Waals surface area contributed by atoms with Gasteiger partial charge in [0.05, 0.1) is 0 Å². The minimum Gasteiger partial charge on any atom is -0.314 e. The normalized spacial score (nSPS) is 23.6. The van der Waals surface area contributed by atoms with Gasteiger partial charge in [0.25, 0.3) is 0 Å². The molecule has 1 unspecified atom stereocenters. The van der Waals surface area contributed by atoms with Crippen LogP contribution in [-0.2, 0) is 0 Å². The molecule has 0 aromatic heterocycles. The summed E-state index contributed by atoms with van der Waals surface area (Å²) in [5.74, 6) is 1.28. The predicted octanol–water partition coefficient (Wildman–Crippen LogP) is 4.01. The van der Waals surface area contributed by atoms with E-state index in [0.29, 0.717) is 16.2 Å². The van der Waals surface area contributed by atoms with Gasteiger partial charge in [-0.15, -0.1) is 0 Å². The molecule has 0 amide bonds. The third-order valence-corrected chi connectivity index (χ3v) is 5.70. The smallest absolute Gasteiger partial charge is 0.0116 e. The molecule has 0 aromatic rings. The Balaban J connectivity index is 2.55. The molecule has 1 atom stereocenters. The molecule has 1 aliphatic rings. The molecule has 2 nitrogen and oxygen atoms in total. The van der Waals surface area contributed by atoms with Crippen LogP contribution in [0.25, 0.3) is 0 Å². The average molecular weight is 301 g/mol. The van der Waals surface area contributed by atoms with Crippen LogP contribution in [0.1, 0.15) is 60.8 Å². The van der Waals surface area contributed by atoms with E-state index in [9.17, 15) is 0 Å². The molecular formula is C17H36N2S. The van der Waals surface area contributed by atoms with Crippen molar-refractivity contribution in [3.63, 3.8) is 0 Å². The van der Waals surface area contributed by atoms with Crippen LogP contribution in [0.5, 0.6) is 0 Å². The van der Waals surface area contributed by atoms with E-state index >= 15 is 0 Å². The first kappa shape index (κ1) is 18.3. The number of rotatable bonds is 7. The second-order valence-corrected chi connectivity index (χ2v) is 9.53. The molecule has 1 aliphatic heterocycles. The molecule has 1 N–H and O–H groups in total. The summed E-state index contributed by atoms with van der Waals surface area (Å²) in [7, 11) is 0. The van der Waals surface area contributed by atoms with Gasteiger partial charge in [0, 0.05) is 36.2 Å². The summed E-state index contributed by atoms with van der Waals surface area (Å²) < 4.78 is 0.464. The lowest BCUT2D eigenvalue weighted by molar-refractivity contribution is 0.151. The first-order valence-corrected chi connectivity index (χ1v) is 9.35. The fourth-order valence-corrected chi connectivity index (χ4v) is 4.18. The Bertz CT molecular complexity index is 278. The first-order valence-electron chi connectivity index (χ1n) is 8.36. The zero-order valence-corrected chi connectivity index (χ0v) is 15.4. The van der Waals surface area contributed by atoms with Crippen molar-refractivity contribution >= 4 is 11.8 Å². The molecule has 0 aliphatic carbocycles. The van der Waals surface area contributed by atoms with Crippen LogP contribution >= 0.6 is 11.8 Å². The van der Waals surface area contributed by atoms with E-state index in [1.165, 1.54) is 44.6 Å². The van der Waals surface area contributed by atoms with Crippen LogP contribution in [0.4, 0.5) is 0 Å². The van der Waals surface area contributed by atoms with Gasteiger partial charge in [0.15, 0.2) is 0 Å². The van der Waals surface area contributed by atoms with Crippen molar-refractivity contribution in [3.8, 4) is 0 Å². The van der Waals surface area contributed by atoms with Crippen molar-refractivity contribution in [2.75, 3.05) is 31.9 Å². The van der Waals surface area contributed by atoms with E-state index in [4.69, 9.17) is 0 Å². The molecule has 0 radical (unpaired) electrons. The Morgan fingerprint density at radius 2 is 2.00 bits per heavy atom. The molecule has 20 heavy (non-hydrogen) atoms. The summed E-state index contributed by atoms with van der Waals surface area (Å²) in [6.07, 6.45) is 3.92. The summed E-state index contributed by atoms with van der Waals surface area (Å²) in [5, 5.41) is 3.66. The number of hydrogen-bond donors (Lipinski definition) is 1. The summed E-state index contributed by atoms with van der Waals surface area (Å²) in [6.45, 7) is 19.0. The van der Waals surface area contributed by atoms with Crippen LogP contribution in [0.2, 0.25) is 0 Å². The third kappa shape index (κ3) is 6.82. The van der Waals surface area contributed by atoms with Crippen LogP contribution in [0.15, 0.2) is 0 Å². The van der Waals surface area contributed by atoms with E-state index in [0.717, 1.165) is 6.54 Å². The van der Waals surface area contributed by atoms with Crippen LogP contribution in [-0.4, -0.2) is 47.6 Å². The van der Waals surface area contributed by atoms with Gasteiger partial charge >= 0.3 is 0 Å². The maximum absolute atomic E-state index is 3.66. The largest absolute Gasteiger partial charge is 0.314 e. The predicted molar refractivity (Wildman–Crippen MR) is 93.7 cm³/mol. The number of nitrogens with one attached hydrogen (secondary N) is 1. The number of hydrogen-bond acceptors (Lipinski definition) is 3. The lowest BCUT2D eigenvalue weighted by atomic mass is 9.84. The molecule has 120 valence electrons. The van der Waals surface area contributed by atoms with Gasteiger partial charge in [-0.05, 0) is 24.8 Å². The van der Waals surface area contributed by atoms with Crippen molar-refractivity contribution in [2.24, 2.45) is 5.41 Å². The molecule has 0 saturated carbocycles. The monoisotopic (exact) mass is 300 g/mol. The highest BCUT2D eigenvalue weighted by atomic mass is 32.2. The van der Waals surface area contributed by atoms with Crippen molar-refractivity contribution in [2.45, 2.75) is 71.6 Å². The Kier molecular flexibility index (Phi) is 7.37. The quantitative estimate of drug-likeness (QED) is 0.765. The van der Waals surface area contributed by atoms with Crippen LogP contribution in [0, 0.1) is 5.41 Å². The zero-order valence-electron chi connectivity index (χ0n) is 14.6. The number of nitrogens with zero attached hydrogens (tertiary/aromatic N) is 1. The van der Waals surface area contributed by atoms with Crippen molar-refractivity contribution < 1.29 is 0 Å². The van der Waals surface area contributed by atoms with Gasteiger partial charge in [-0.25, -0.2) is 0 Å². The van der Waals surface area contributed by atoms with Crippen molar-refractivity contribution in [3.05, 3.63) is 0 Å². The SMILES string of the molecule is CCCC(C)(CNC(C)C)CN1CCSC(C)(C)CC1. The zero-order chi connectivity index (χ0) is 15.2. The third-order valence-electron chi connectivity index (χ3n) is 4.33. The summed E-state index contributed by atoms with van der Waals surface area (Å²) >= 11 is 2.15. The number of thioether (sulfide) groups is 1. The molecule has 1 fully saturated rings. The highest BCUT2D eigenvalue weighted by molar-refractivity contribution is 8.00. The second kappa shape index (κ2) is 8.05. The van der Waals surface area contributed by atoms with E-state index in [-0.39, 0.29) is 0 Å². The molecule has 0 bridgehead atoms. The summed E-state index contributed by atoms with van der Waals surface area (Å²) in [6, 6.07) is 0.588. The average Bonchev–Trinajstić information content (AvgIpc) is 2.49. The minimum absolute atomic E-state index is 0.415. The maximum Gasteiger partial charge on any atom is 0.0116 e. The standard InChI is InChI=1S/C17H36N2S/c1-7-8-17(6,13-18-15(2)3)14-19-10-9-16(4,5)20-12-11-19/h15,18H,7-14H2,1-6H3. The Morgan fingerprint density at radius 1 is 1.30 bits per heavy atom. The lowest BCUT2D eigenvalue weighted by Gasteiger charge is -2.36. The molecule has 1 saturated heterocycles. The summed E-state index contributed by atoms with van der Waals surface area (Å²) in [5.41, 5.74) is 0.415. The minimum atomic E-state index is 0.415. The Hall–Kier alpha value is 0.270. The fourth-order valence-electron chi connectivity index (χ4n) is 3.04. The molecule has 1 rings (SSSR count). The maximum atomic E-state index is 3.66. The summed E-state index contributed by atoms with van der Waals surface area (Å²) in [4.78, 5) is 2.71. The van der Waals surface area contributed by atoms with Crippen molar-refractivity contribution in [1.82, 2.24) is 10.2 Å². The van der Waals surface area contributed by atoms with Gasteiger partial charge in [-0.2, -0.15) is 11.8 Å². The van der Waals surface area contributed by atoms with E-state index in [2.05, 4.69) is 63.5 Å².